The number of amides is 1. The Bertz CT molecular complexity index is 1150. The molecule has 2 aliphatic rings. The minimum atomic E-state index is -0.397. The number of nitrogens with zero attached hydrogens (tertiary/aromatic N) is 1. The van der Waals surface area contributed by atoms with Gasteiger partial charge in [0.05, 0.1) is 39.0 Å². The van der Waals surface area contributed by atoms with Crippen molar-refractivity contribution in [2.45, 2.75) is 38.3 Å². The van der Waals surface area contributed by atoms with Crippen molar-refractivity contribution < 1.29 is 23.7 Å². The third-order valence-corrected chi connectivity index (χ3v) is 7.35. The van der Waals surface area contributed by atoms with E-state index in [4.69, 9.17) is 18.9 Å². The first-order valence-electron chi connectivity index (χ1n) is 13.4. The Kier molecular flexibility index (Phi) is 8.30. The third-order valence-electron chi connectivity index (χ3n) is 7.35. The lowest BCUT2D eigenvalue weighted by Gasteiger charge is -2.37. The number of carbonyl (C=O) groups excluding carboxylic acids is 1. The minimum Gasteiger partial charge on any atom is -0.493 e. The first-order chi connectivity index (χ1) is 18.5. The predicted octanol–water partition coefficient (Wildman–Crippen LogP) is 5.45. The Hall–Kier alpha value is -3.35. The second-order valence-electron chi connectivity index (χ2n) is 10.7. The van der Waals surface area contributed by atoms with Gasteiger partial charge in [0, 0.05) is 25.1 Å². The molecule has 6 nitrogen and oxygen atoms in total. The Labute approximate surface area is 225 Å². The molecule has 0 radical (unpaired) electrons. The van der Waals surface area contributed by atoms with Crippen LogP contribution in [0.4, 0.5) is 0 Å². The van der Waals surface area contributed by atoms with Crippen LogP contribution in [0.3, 0.4) is 0 Å². The van der Waals surface area contributed by atoms with Crippen LogP contribution in [0.1, 0.15) is 42.4 Å². The molecule has 0 spiro atoms. The van der Waals surface area contributed by atoms with Crippen molar-refractivity contribution >= 4 is 5.91 Å². The number of ether oxygens (including phenoxy) is 4. The molecule has 0 bridgehead atoms. The van der Waals surface area contributed by atoms with Gasteiger partial charge in [0.15, 0.2) is 11.5 Å². The molecule has 2 saturated heterocycles. The second kappa shape index (κ2) is 12.0. The summed E-state index contributed by atoms with van der Waals surface area (Å²) in [5.74, 6) is 1.04. The highest BCUT2D eigenvalue weighted by Crippen LogP contribution is 2.34. The molecule has 3 aromatic carbocycles. The van der Waals surface area contributed by atoms with Crippen LogP contribution in [0, 0.1) is 5.41 Å². The van der Waals surface area contributed by atoms with Crippen molar-refractivity contribution in [3.63, 3.8) is 0 Å². The number of hydrogen-bond acceptors (Lipinski definition) is 5. The van der Waals surface area contributed by atoms with E-state index in [1.54, 1.807) is 7.11 Å². The van der Waals surface area contributed by atoms with Gasteiger partial charge in [-0.2, -0.15) is 0 Å². The number of carbonyl (C=O) groups is 1. The van der Waals surface area contributed by atoms with Gasteiger partial charge in [0.2, 0.25) is 5.91 Å². The predicted molar refractivity (Wildman–Crippen MR) is 147 cm³/mol. The molecule has 0 saturated carbocycles. The third kappa shape index (κ3) is 6.20. The zero-order valence-electron chi connectivity index (χ0n) is 22.3. The highest BCUT2D eigenvalue weighted by molar-refractivity contribution is 5.87. The van der Waals surface area contributed by atoms with E-state index in [1.807, 2.05) is 83.8 Å². The molecule has 2 aliphatic heterocycles. The standard InChI is InChI=1S/C32H37NO5/c1-32(21-36-22-32)23-38-29-18-24(15-16-28(29)35-2)19-33(20-27-14-9-17-37-27)31(34)30(25-10-5-3-6-11-25)26-12-7-4-8-13-26/h3-8,10-13,15-16,18,27,30H,9,14,17,19-23H2,1-2H3. The largest absolute Gasteiger partial charge is 0.493 e. The fourth-order valence-corrected chi connectivity index (χ4v) is 5.16. The van der Waals surface area contributed by atoms with Crippen molar-refractivity contribution in [1.29, 1.82) is 0 Å². The van der Waals surface area contributed by atoms with E-state index in [-0.39, 0.29) is 17.4 Å². The van der Waals surface area contributed by atoms with Gasteiger partial charge >= 0.3 is 0 Å². The summed E-state index contributed by atoms with van der Waals surface area (Å²) >= 11 is 0. The molecule has 1 amide bonds. The van der Waals surface area contributed by atoms with Gasteiger partial charge in [-0.05, 0) is 41.7 Å². The highest BCUT2D eigenvalue weighted by Gasteiger charge is 2.35. The van der Waals surface area contributed by atoms with E-state index in [9.17, 15) is 4.79 Å². The van der Waals surface area contributed by atoms with Crippen molar-refractivity contribution in [3.05, 3.63) is 95.6 Å². The zero-order valence-corrected chi connectivity index (χ0v) is 22.3. The SMILES string of the molecule is COc1ccc(CN(CC2CCCO2)C(=O)C(c2ccccc2)c2ccccc2)cc1OCC1(C)COC1. The van der Waals surface area contributed by atoms with Crippen LogP contribution in [0.5, 0.6) is 11.5 Å². The van der Waals surface area contributed by atoms with Crippen LogP contribution in [-0.4, -0.2) is 57.0 Å². The van der Waals surface area contributed by atoms with Crippen LogP contribution < -0.4 is 9.47 Å². The lowest BCUT2D eigenvalue weighted by Crippen LogP contribution is -2.44. The summed E-state index contributed by atoms with van der Waals surface area (Å²) in [6.45, 7) is 5.84. The topological polar surface area (TPSA) is 57.2 Å². The monoisotopic (exact) mass is 515 g/mol. The maximum Gasteiger partial charge on any atom is 0.234 e. The molecule has 1 atom stereocenters. The Morgan fingerprint density at radius 1 is 1.00 bits per heavy atom. The van der Waals surface area contributed by atoms with Gasteiger partial charge in [-0.1, -0.05) is 73.7 Å². The first kappa shape index (κ1) is 26.3. The van der Waals surface area contributed by atoms with Crippen LogP contribution in [0.2, 0.25) is 0 Å². The molecular weight excluding hydrogens is 478 g/mol. The highest BCUT2D eigenvalue weighted by atomic mass is 16.5. The zero-order chi connectivity index (χ0) is 26.4. The molecule has 200 valence electrons. The second-order valence-corrected chi connectivity index (χ2v) is 10.7. The van der Waals surface area contributed by atoms with Gasteiger partial charge in [-0.25, -0.2) is 0 Å². The molecule has 38 heavy (non-hydrogen) atoms. The normalized spacial score (nSPS) is 18.1. The maximum absolute atomic E-state index is 14.3. The molecule has 2 heterocycles. The number of benzene rings is 3. The average Bonchev–Trinajstić information content (AvgIpc) is 3.45. The fourth-order valence-electron chi connectivity index (χ4n) is 5.16. The van der Waals surface area contributed by atoms with Crippen LogP contribution in [0.25, 0.3) is 0 Å². The molecular formula is C32H37NO5. The maximum atomic E-state index is 14.3. The molecule has 0 aromatic heterocycles. The number of methoxy groups -OCH3 is 1. The summed E-state index contributed by atoms with van der Waals surface area (Å²) in [5.41, 5.74) is 2.97. The van der Waals surface area contributed by atoms with Crippen molar-refractivity contribution in [2.24, 2.45) is 5.41 Å². The van der Waals surface area contributed by atoms with Gasteiger partial charge in [0.1, 0.15) is 0 Å². The summed E-state index contributed by atoms with van der Waals surface area (Å²) in [5, 5.41) is 0. The Morgan fingerprint density at radius 3 is 2.24 bits per heavy atom. The van der Waals surface area contributed by atoms with Gasteiger partial charge in [0.25, 0.3) is 0 Å². The van der Waals surface area contributed by atoms with Gasteiger partial charge in [-0.3, -0.25) is 4.79 Å². The number of rotatable bonds is 11. The smallest absolute Gasteiger partial charge is 0.234 e. The molecule has 2 fully saturated rings. The molecule has 6 heteroatoms. The molecule has 1 unspecified atom stereocenters. The number of hydrogen-bond donors (Lipinski definition) is 0. The minimum absolute atomic E-state index is 0.0153. The van der Waals surface area contributed by atoms with Crippen LogP contribution in [0.15, 0.2) is 78.9 Å². The molecule has 5 rings (SSSR count). The van der Waals surface area contributed by atoms with Crippen LogP contribution in [-0.2, 0) is 20.8 Å². The van der Waals surface area contributed by atoms with Crippen LogP contribution >= 0.6 is 0 Å². The van der Waals surface area contributed by atoms with E-state index in [0.717, 1.165) is 36.1 Å². The lowest BCUT2D eigenvalue weighted by atomic mass is 9.89. The van der Waals surface area contributed by atoms with E-state index >= 15 is 0 Å². The summed E-state index contributed by atoms with van der Waals surface area (Å²) in [4.78, 5) is 16.3. The Morgan fingerprint density at radius 2 is 1.68 bits per heavy atom. The van der Waals surface area contributed by atoms with E-state index in [0.29, 0.717) is 44.4 Å². The van der Waals surface area contributed by atoms with Crippen molar-refractivity contribution in [2.75, 3.05) is 40.1 Å². The molecule has 0 aliphatic carbocycles. The quantitative estimate of drug-likeness (QED) is 0.340. The van der Waals surface area contributed by atoms with Gasteiger partial charge < -0.3 is 23.8 Å². The summed E-state index contributed by atoms with van der Waals surface area (Å²) < 4.78 is 23.1. The van der Waals surface area contributed by atoms with Crippen molar-refractivity contribution in [3.8, 4) is 11.5 Å². The van der Waals surface area contributed by atoms with E-state index < -0.39 is 5.92 Å². The molecule has 3 aromatic rings. The first-order valence-corrected chi connectivity index (χ1v) is 13.4. The molecule has 0 N–H and O–H groups in total. The van der Waals surface area contributed by atoms with Crippen molar-refractivity contribution in [1.82, 2.24) is 4.90 Å². The van der Waals surface area contributed by atoms with E-state index in [2.05, 4.69) is 6.92 Å². The summed E-state index contributed by atoms with van der Waals surface area (Å²) in [7, 11) is 1.65. The summed E-state index contributed by atoms with van der Waals surface area (Å²) in [6.07, 6.45) is 2.03. The van der Waals surface area contributed by atoms with E-state index in [1.165, 1.54) is 0 Å². The van der Waals surface area contributed by atoms with Gasteiger partial charge in [-0.15, -0.1) is 0 Å². The fraction of sp³-hybridized carbons (Fsp3) is 0.406. The average molecular weight is 516 g/mol. The summed E-state index contributed by atoms with van der Waals surface area (Å²) in [6, 6.07) is 26.0. The lowest BCUT2D eigenvalue weighted by molar-refractivity contribution is -0.134. The Balaban J connectivity index is 1.43.